The zero-order valence-electron chi connectivity index (χ0n) is 14.8. The molecule has 2 unspecified atom stereocenters. The maximum absolute atomic E-state index is 12.4. The number of benzene rings is 1. The molecule has 2 atom stereocenters. The summed E-state index contributed by atoms with van der Waals surface area (Å²) in [6, 6.07) is 9.27. The molecule has 0 aliphatic rings. The normalized spacial score (nSPS) is 13.3. The lowest BCUT2D eigenvalue weighted by Crippen LogP contribution is -2.40. The van der Waals surface area contributed by atoms with Crippen molar-refractivity contribution in [3.63, 3.8) is 0 Å². The van der Waals surface area contributed by atoms with E-state index in [1.54, 1.807) is 11.4 Å². The largest absolute Gasteiger partial charge is 0.344 e. The second-order valence-electron chi connectivity index (χ2n) is 6.26. The number of rotatable bonds is 7. The van der Waals surface area contributed by atoms with Crippen molar-refractivity contribution in [2.45, 2.75) is 26.3 Å². The molecular weight excluding hydrogens is 348 g/mol. The molecule has 0 aliphatic heterocycles. The average molecular weight is 370 g/mol. The van der Waals surface area contributed by atoms with Crippen molar-refractivity contribution in [3.05, 3.63) is 52.5 Å². The highest BCUT2D eigenvalue weighted by Gasteiger charge is 2.23. The van der Waals surface area contributed by atoms with Crippen molar-refractivity contribution in [2.75, 3.05) is 6.54 Å². The highest BCUT2D eigenvalue weighted by atomic mass is 32.1. The Hall–Kier alpha value is -2.67. The predicted octanol–water partition coefficient (Wildman–Crippen LogP) is 3.26. The number of thiophene rings is 1. The Kier molecular flexibility index (Phi) is 5.68. The standard InChI is InChI=1S/C19H22N4O2S/c1-3-12(2)17(18-21-14-6-4-5-7-15(14)22-18)23-16(24)10-20-19(25)13-8-9-26-11-13/h4-9,11-12,17H,3,10H2,1-2H3,(H,20,25)(H,21,22)(H,23,24). The number of imidazole rings is 1. The molecule has 0 fully saturated rings. The van der Waals surface area contributed by atoms with Crippen LogP contribution in [-0.2, 0) is 4.79 Å². The Balaban J connectivity index is 1.68. The lowest BCUT2D eigenvalue weighted by molar-refractivity contribution is -0.121. The molecule has 0 aliphatic carbocycles. The van der Waals surface area contributed by atoms with Crippen LogP contribution in [-0.4, -0.2) is 28.3 Å². The van der Waals surface area contributed by atoms with Crippen LogP contribution >= 0.6 is 11.3 Å². The number of amides is 2. The highest BCUT2D eigenvalue weighted by molar-refractivity contribution is 7.08. The SMILES string of the molecule is CCC(C)C(NC(=O)CNC(=O)c1ccsc1)c1nc2ccccc2[nH]1. The lowest BCUT2D eigenvalue weighted by Gasteiger charge is -2.22. The number of aromatic nitrogens is 2. The summed E-state index contributed by atoms with van der Waals surface area (Å²) in [6.07, 6.45) is 0.892. The van der Waals surface area contributed by atoms with Gasteiger partial charge in [0.05, 0.1) is 23.6 Å². The monoisotopic (exact) mass is 370 g/mol. The summed E-state index contributed by atoms with van der Waals surface area (Å²) < 4.78 is 0. The van der Waals surface area contributed by atoms with Gasteiger partial charge in [0.2, 0.25) is 5.91 Å². The van der Waals surface area contributed by atoms with Crippen molar-refractivity contribution in [1.82, 2.24) is 20.6 Å². The number of aromatic amines is 1. The first-order valence-corrected chi connectivity index (χ1v) is 9.57. The van der Waals surface area contributed by atoms with Crippen LogP contribution in [0.2, 0.25) is 0 Å². The Morgan fingerprint density at radius 3 is 2.77 bits per heavy atom. The van der Waals surface area contributed by atoms with Crippen LogP contribution in [0.15, 0.2) is 41.1 Å². The summed E-state index contributed by atoms with van der Waals surface area (Å²) in [7, 11) is 0. The molecule has 1 aromatic carbocycles. The summed E-state index contributed by atoms with van der Waals surface area (Å²) in [5.74, 6) is 0.453. The van der Waals surface area contributed by atoms with Gasteiger partial charge in [0, 0.05) is 10.9 Å². The molecular formula is C19H22N4O2S. The summed E-state index contributed by atoms with van der Waals surface area (Å²) in [6.45, 7) is 4.08. The quantitative estimate of drug-likeness (QED) is 0.597. The molecule has 2 amide bonds. The Labute approximate surface area is 156 Å². The van der Waals surface area contributed by atoms with Crippen LogP contribution in [0, 0.1) is 5.92 Å². The molecule has 0 saturated carbocycles. The van der Waals surface area contributed by atoms with E-state index in [1.165, 1.54) is 11.3 Å². The van der Waals surface area contributed by atoms with Gasteiger partial charge in [-0.3, -0.25) is 9.59 Å². The number of carbonyl (C=O) groups excluding carboxylic acids is 2. The number of carbonyl (C=O) groups is 2. The fourth-order valence-corrected chi connectivity index (χ4v) is 3.35. The van der Waals surface area contributed by atoms with Gasteiger partial charge < -0.3 is 15.6 Å². The molecule has 26 heavy (non-hydrogen) atoms. The van der Waals surface area contributed by atoms with Gasteiger partial charge in [0.15, 0.2) is 0 Å². The summed E-state index contributed by atoms with van der Waals surface area (Å²) in [5, 5.41) is 9.23. The van der Waals surface area contributed by atoms with Crippen LogP contribution in [0.5, 0.6) is 0 Å². The van der Waals surface area contributed by atoms with E-state index in [-0.39, 0.29) is 30.3 Å². The van der Waals surface area contributed by atoms with E-state index < -0.39 is 0 Å². The Bertz CT molecular complexity index is 855. The van der Waals surface area contributed by atoms with Crippen LogP contribution in [0.3, 0.4) is 0 Å². The highest BCUT2D eigenvalue weighted by Crippen LogP contribution is 2.24. The maximum atomic E-state index is 12.4. The molecule has 0 bridgehead atoms. The molecule has 6 nitrogen and oxygen atoms in total. The molecule has 7 heteroatoms. The molecule has 0 radical (unpaired) electrons. The molecule has 2 aromatic heterocycles. The van der Waals surface area contributed by atoms with Crippen molar-refractivity contribution in [3.8, 4) is 0 Å². The van der Waals surface area contributed by atoms with Crippen molar-refractivity contribution in [2.24, 2.45) is 5.92 Å². The second kappa shape index (κ2) is 8.14. The molecule has 3 aromatic rings. The van der Waals surface area contributed by atoms with Gasteiger partial charge >= 0.3 is 0 Å². The third kappa shape index (κ3) is 4.11. The van der Waals surface area contributed by atoms with Crippen LogP contribution < -0.4 is 10.6 Å². The van der Waals surface area contributed by atoms with Crippen molar-refractivity contribution in [1.29, 1.82) is 0 Å². The first-order valence-electron chi connectivity index (χ1n) is 8.63. The third-order valence-electron chi connectivity index (χ3n) is 4.42. The molecule has 136 valence electrons. The van der Waals surface area contributed by atoms with Gasteiger partial charge in [0.1, 0.15) is 5.82 Å². The lowest BCUT2D eigenvalue weighted by atomic mass is 9.98. The summed E-state index contributed by atoms with van der Waals surface area (Å²) >= 11 is 1.45. The van der Waals surface area contributed by atoms with Gasteiger partial charge in [-0.15, -0.1) is 0 Å². The number of nitrogens with one attached hydrogen (secondary N) is 3. The summed E-state index contributed by atoms with van der Waals surface area (Å²) in [4.78, 5) is 32.2. The number of nitrogens with zero attached hydrogens (tertiary/aromatic N) is 1. The number of para-hydroxylation sites is 2. The average Bonchev–Trinajstić information content (AvgIpc) is 3.32. The topological polar surface area (TPSA) is 86.9 Å². The summed E-state index contributed by atoms with van der Waals surface area (Å²) in [5.41, 5.74) is 2.38. The second-order valence-corrected chi connectivity index (χ2v) is 7.04. The maximum Gasteiger partial charge on any atom is 0.252 e. The first kappa shape index (κ1) is 18.1. The van der Waals surface area contributed by atoms with E-state index >= 15 is 0 Å². The van der Waals surface area contributed by atoms with Gasteiger partial charge in [0.25, 0.3) is 5.91 Å². The van der Waals surface area contributed by atoms with Gasteiger partial charge in [-0.1, -0.05) is 32.4 Å². The van der Waals surface area contributed by atoms with E-state index in [2.05, 4.69) is 34.4 Å². The van der Waals surface area contributed by atoms with Gasteiger partial charge in [-0.2, -0.15) is 11.3 Å². The molecule has 2 heterocycles. The van der Waals surface area contributed by atoms with Crippen molar-refractivity contribution >= 4 is 34.2 Å². The third-order valence-corrected chi connectivity index (χ3v) is 5.11. The predicted molar refractivity (Wildman–Crippen MR) is 103 cm³/mol. The smallest absolute Gasteiger partial charge is 0.252 e. The molecule has 3 N–H and O–H groups in total. The minimum absolute atomic E-state index is 0.0676. The van der Waals surface area contributed by atoms with Gasteiger partial charge in [-0.25, -0.2) is 4.98 Å². The van der Waals surface area contributed by atoms with E-state index in [1.807, 2.05) is 29.6 Å². The van der Waals surface area contributed by atoms with Crippen molar-refractivity contribution < 1.29 is 9.59 Å². The van der Waals surface area contributed by atoms with Crippen LogP contribution in [0.25, 0.3) is 11.0 Å². The number of hydrogen-bond donors (Lipinski definition) is 3. The van der Waals surface area contributed by atoms with E-state index in [9.17, 15) is 9.59 Å². The Morgan fingerprint density at radius 2 is 2.08 bits per heavy atom. The zero-order valence-corrected chi connectivity index (χ0v) is 15.6. The number of hydrogen-bond acceptors (Lipinski definition) is 4. The van der Waals surface area contributed by atoms with E-state index in [4.69, 9.17) is 0 Å². The number of fused-ring (bicyclic) bond motifs is 1. The minimum atomic E-state index is -0.245. The van der Waals surface area contributed by atoms with E-state index in [0.717, 1.165) is 23.3 Å². The fourth-order valence-electron chi connectivity index (χ4n) is 2.72. The number of H-pyrrole nitrogens is 1. The van der Waals surface area contributed by atoms with E-state index in [0.29, 0.717) is 5.56 Å². The molecule has 0 saturated heterocycles. The fraction of sp³-hybridized carbons (Fsp3) is 0.316. The first-order chi connectivity index (χ1) is 12.6. The molecule has 3 rings (SSSR count). The Morgan fingerprint density at radius 1 is 1.27 bits per heavy atom. The van der Waals surface area contributed by atoms with Gasteiger partial charge in [-0.05, 0) is 29.5 Å². The minimum Gasteiger partial charge on any atom is -0.344 e. The molecule has 0 spiro atoms. The zero-order chi connectivity index (χ0) is 18.5. The van der Waals surface area contributed by atoms with Crippen LogP contribution in [0.4, 0.5) is 0 Å². The van der Waals surface area contributed by atoms with Crippen LogP contribution in [0.1, 0.15) is 42.5 Å².